The Bertz CT molecular complexity index is 3450. The van der Waals surface area contributed by atoms with E-state index in [0.29, 0.717) is 72.4 Å². The van der Waals surface area contributed by atoms with E-state index in [1.165, 1.54) is 75.3 Å². The first-order valence-electron chi connectivity index (χ1n) is 31.6. The number of hydrogen-bond donors (Lipinski definition) is 4. The molecule has 0 spiro atoms. The molecule has 2 atom stereocenters. The molecule has 2 saturated carbocycles. The second-order valence-corrected chi connectivity index (χ2v) is 24.1. The lowest BCUT2D eigenvalue weighted by molar-refractivity contribution is -0.118. The van der Waals surface area contributed by atoms with Gasteiger partial charge in [0.05, 0.1) is 35.8 Å². The number of ether oxygens (including phenoxy) is 2. The number of rotatable bonds is 24. The van der Waals surface area contributed by atoms with E-state index in [0.717, 1.165) is 70.3 Å². The SMILES string of the molecule is O=C(NC/C=C/c1ccccc1)C1=C(COCCC2CCCCC2)NC(c2ccccc2)=NC1c1cccc(Cl)c1.O=C(NCCC(c1ccccc1)c1ccccc1)C1=C(COCCC2CCCCC2)NC(c2ccccc2)=NC1c1cccc(Cl)c1. The van der Waals surface area contributed by atoms with Gasteiger partial charge >= 0.3 is 0 Å². The molecule has 2 fully saturated rings. The van der Waals surface area contributed by atoms with E-state index < -0.39 is 12.1 Å². The highest BCUT2D eigenvalue weighted by molar-refractivity contribution is 6.31. The lowest BCUT2D eigenvalue weighted by Crippen LogP contribution is -2.39. The second-order valence-electron chi connectivity index (χ2n) is 23.3. The Balaban J connectivity index is 0.000000196. The van der Waals surface area contributed by atoms with Crippen LogP contribution in [0.1, 0.15) is 140 Å². The Kier molecular flexibility index (Phi) is 24.0. The number of benzene rings is 7. The summed E-state index contributed by atoms with van der Waals surface area (Å²) in [4.78, 5) is 38.3. The van der Waals surface area contributed by atoms with Crippen LogP contribution in [-0.2, 0) is 19.1 Å². The molecule has 0 saturated heterocycles. The molecule has 4 aliphatic rings. The number of nitrogens with one attached hydrogen (secondary N) is 4. The summed E-state index contributed by atoms with van der Waals surface area (Å²) in [5, 5.41) is 14.5. The average molecular weight is 1210 g/mol. The topological polar surface area (TPSA) is 125 Å². The third-order valence-electron chi connectivity index (χ3n) is 17.1. The van der Waals surface area contributed by atoms with Crippen LogP contribution in [0.25, 0.3) is 6.08 Å². The number of nitrogens with zero attached hydrogens (tertiary/aromatic N) is 2. The molecule has 2 aliphatic carbocycles. The fraction of sp³-hybridized carbons (Fsp3) is 0.316. The molecule has 88 heavy (non-hydrogen) atoms. The molecule has 454 valence electrons. The number of carbonyl (C=O) groups excluding carboxylic acids is 2. The molecule has 11 rings (SSSR count). The molecule has 0 radical (unpaired) electrons. The van der Waals surface area contributed by atoms with Crippen molar-refractivity contribution in [3.63, 3.8) is 0 Å². The summed E-state index contributed by atoms with van der Waals surface area (Å²) in [6, 6.07) is 65.2. The van der Waals surface area contributed by atoms with E-state index in [-0.39, 0.29) is 17.7 Å². The number of amides is 2. The molecule has 0 aromatic heterocycles. The van der Waals surface area contributed by atoms with Crippen LogP contribution in [0.5, 0.6) is 0 Å². The lowest BCUT2D eigenvalue weighted by atomic mass is 9.87. The predicted octanol–water partition coefficient (Wildman–Crippen LogP) is 16.5. The van der Waals surface area contributed by atoms with Crippen LogP contribution in [0.3, 0.4) is 0 Å². The highest BCUT2D eigenvalue weighted by Crippen LogP contribution is 2.36. The second kappa shape index (κ2) is 33.5. The van der Waals surface area contributed by atoms with Crippen molar-refractivity contribution in [1.82, 2.24) is 21.3 Å². The molecule has 2 heterocycles. The van der Waals surface area contributed by atoms with Crippen LogP contribution in [0.4, 0.5) is 0 Å². The van der Waals surface area contributed by atoms with Crippen molar-refractivity contribution >= 4 is 52.8 Å². The zero-order valence-electron chi connectivity index (χ0n) is 50.3. The van der Waals surface area contributed by atoms with Gasteiger partial charge in [-0.05, 0) is 83.2 Å². The molecule has 7 aromatic carbocycles. The lowest BCUT2D eigenvalue weighted by Gasteiger charge is -2.29. The van der Waals surface area contributed by atoms with E-state index >= 15 is 0 Å². The maximum absolute atomic E-state index is 14.3. The van der Waals surface area contributed by atoms with Crippen LogP contribution in [-0.4, -0.2) is 63.0 Å². The Morgan fingerprint density at radius 2 is 0.932 bits per heavy atom. The van der Waals surface area contributed by atoms with E-state index in [2.05, 4.69) is 69.8 Å². The van der Waals surface area contributed by atoms with Crippen molar-refractivity contribution in [2.45, 2.75) is 101 Å². The van der Waals surface area contributed by atoms with Crippen LogP contribution in [0, 0.1) is 11.8 Å². The maximum atomic E-state index is 14.3. The van der Waals surface area contributed by atoms with Crippen molar-refractivity contribution in [2.24, 2.45) is 21.8 Å². The highest BCUT2D eigenvalue weighted by atomic mass is 35.5. The van der Waals surface area contributed by atoms with Crippen molar-refractivity contribution < 1.29 is 19.1 Å². The van der Waals surface area contributed by atoms with Gasteiger partial charge in [0.2, 0.25) is 0 Å². The van der Waals surface area contributed by atoms with Crippen molar-refractivity contribution in [3.05, 3.63) is 278 Å². The molecule has 7 aromatic rings. The molecular weight excluding hydrogens is 1130 g/mol. The molecule has 2 unspecified atom stereocenters. The molecule has 10 nitrogen and oxygen atoms in total. The zero-order chi connectivity index (χ0) is 60.5. The summed E-state index contributed by atoms with van der Waals surface area (Å²) in [5.74, 6) is 2.71. The van der Waals surface area contributed by atoms with Crippen molar-refractivity contribution in [2.75, 3.05) is 39.5 Å². The van der Waals surface area contributed by atoms with Crippen molar-refractivity contribution in [3.8, 4) is 0 Å². The van der Waals surface area contributed by atoms with Gasteiger partial charge in [-0.3, -0.25) is 19.6 Å². The quantitative estimate of drug-likeness (QED) is 0.0447. The fourth-order valence-electron chi connectivity index (χ4n) is 12.4. The summed E-state index contributed by atoms with van der Waals surface area (Å²) >= 11 is 12.9. The van der Waals surface area contributed by atoms with E-state index in [1.807, 2.05) is 164 Å². The van der Waals surface area contributed by atoms with Gasteiger partial charge in [0.1, 0.15) is 23.8 Å². The summed E-state index contributed by atoms with van der Waals surface area (Å²) < 4.78 is 12.6. The van der Waals surface area contributed by atoms with Crippen molar-refractivity contribution in [1.29, 1.82) is 0 Å². The number of aliphatic imine (C=N–C) groups is 2. The number of carbonyl (C=O) groups is 2. The first-order chi connectivity index (χ1) is 43.3. The first-order valence-corrected chi connectivity index (χ1v) is 32.4. The standard InChI is InChI=1S/C41H44ClN3O2.C35H38ClN3O2/c42-35-23-13-22-34(28-35)39-38(41(46)43-26-24-36(31-16-7-2-8-17-31)32-18-9-3-10-19-32)37(29-47-27-25-30-14-5-1-6-15-30)44-40(45-39)33-20-11-4-12-21-33;36-30-20-10-19-29(24-30)33-32(35(40)37-22-11-16-26-12-4-1-5-13-26)31(25-41-23-21-27-14-6-2-7-15-27)38-34(39-33)28-17-8-3-9-18-28/h2-4,7-13,16-23,28,30,36,39H,1,5-6,14-15,24-27,29H2,(H,43,46)(H,44,45);1,3-5,8-13,16-20,24,27,33H,2,6-7,14-15,21-23,25H2,(H,37,40)(H,38,39)/b;16-11+. The van der Waals surface area contributed by atoms with Crippen LogP contribution in [0.2, 0.25) is 10.0 Å². The molecule has 4 N–H and O–H groups in total. The van der Waals surface area contributed by atoms with Gasteiger partial charge in [-0.1, -0.05) is 275 Å². The van der Waals surface area contributed by atoms with E-state index in [1.54, 1.807) is 0 Å². The third kappa shape index (κ3) is 18.4. The molecule has 12 heteroatoms. The van der Waals surface area contributed by atoms with Crippen LogP contribution < -0.4 is 21.3 Å². The molecule has 2 amide bonds. The fourth-order valence-corrected chi connectivity index (χ4v) is 12.8. The van der Waals surface area contributed by atoms with Gasteiger partial charge in [-0.2, -0.15) is 0 Å². The van der Waals surface area contributed by atoms with Gasteiger partial charge in [0.25, 0.3) is 11.8 Å². The van der Waals surface area contributed by atoms with Crippen LogP contribution in [0.15, 0.2) is 239 Å². The minimum Gasteiger partial charge on any atom is -0.375 e. The van der Waals surface area contributed by atoms with E-state index in [9.17, 15) is 9.59 Å². The predicted molar refractivity (Wildman–Crippen MR) is 360 cm³/mol. The first kappa shape index (κ1) is 63.2. The Hall–Kier alpha value is -7.86. The largest absolute Gasteiger partial charge is 0.375 e. The van der Waals surface area contributed by atoms with Crippen LogP contribution >= 0.6 is 23.2 Å². The number of halogens is 2. The van der Waals surface area contributed by atoms with Gasteiger partial charge in [-0.25, -0.2) is 0 Å². The summed E-state index contributed by atoms with van der Waals surface area (Å²) in [5.41, 5.74) is 9.77. The highest BCUT2D eigenvalue weighted by Gasteiger charge is 2.34. The number of hydrogen-bond acceptors (Lipinski definition) is 8. The number of amidine groups is 2. The normalized spacial score (nSPS) is 17.3. The summed E-state index contributed by atoms with van der Waals surface area (Å²) in [6.07, 6.45) is 19.9. The van der Waals surface area contributed by atoms with Gasteiger partial charge in [-0.15, -0.1) is 0 Å². The maximum Gasteiger partial charge on any atom is 0.251 e. The van der Waals surface area contributed by atoms with Gasteiger partial charge < -0.3 is 30.7 Å². The zero-order valence-corrected chi connectivity index (χ0v) is 51.8. The monoisotopic (exact) mass is 1210 g/mol. The van der Waals surface area contributed by atoms with Gasteiger partial charge in [0.15, 0.2) is 0 Å². The minimum absolute atomic E-state index is 0.149. The van der Waals surface area contributed by atoms with E-state index in [4.69, 9.17) is 42.7 Å². The summed E-state index contributed by atoms with van der Waals surface area (Å²) in [6.45, 7) is 2.84. The average Bonchev–Trinajstić information content (AvgIpc) is 1.37. The molecular formula is C76H82Cl2N6O4. The third-order valence-corrected chi connectivity index (χ3v) is 17.5. The summed E-state index contributed by atoms with van der Waals surface area (Å²) in [7, 11) is 0. The Morgan fingerprint density at radius 1 is 0.511 bits per heavy atom. The Labute approximate surface area is 530 Å². The van der Waals surface area contributed by atoms with Gasteiger partial charge in [0, 0.05) is 53.4 Å². The molecule has 2 aliphatic heterocycles. The smallest absolute Gasteiger partial charge is 0.251 e. The Morgan fingerprint density at radius 3 is 1.38 bits per heavy atom. The minimum atomic E-state index is -0.541. The molecule has 0 bridgehead atoms.